The van der Waals surface area contributed by atoms with Crippen LogP contribution < -0.4 is 4.90 Å². The van der Waals surface area contributed by atoms with Crippen LogP contribution in [0.15, 0.2) is 36.9 Å². The summed E-state index contributed by atoms with van der Waals surface area (Å²) in [5.41, 5.74) is 1.99. The summed E-state index contributed by atoms with van der Waals surface area (Å²) in [4.78, 5) is 20.6. The Morgan fingerprint density at radius 3 is 2.95 bits per heavy atom. The minimum atomic E-state index is -0.0783. The molecule has 2 aromatic rings. The second-order valence-electron chi connectivity index (χ2n) is 5.44. The van der Waals surface area contributed by atoms with Crippen LogP contribution in [-0.2, 0) is 18.4 Å². The second-order valence-corrected chi connectivity index (χ2v) is 5.44. The average molecular weight is 285 g/mol. The van der Waals surface area contributed by atoms with E-state index in [0.717, 1.165) is 30.8 Å². The predicted octanol–water partition coefficient (Wildman–Crippen LogP) is 1.05. The Labute approximate surface area is 124 Å². The fourth-order valence-electron chi connectivity index (χ4n) is 2.77. The van der Waals surface area contributed by atoms with Crippen molar-refractivity contribution in [2.75, 3.05) is 18.5 Å². The van der Waals surface area contributed by atoms with E-state index in [4.69, 9.17) is 0 Å². The molecule has 0 aromatic carbocycles. The first kappa shape index (κ1) is 13.8. The predicted molar refractivity (Wildman–Crippen MR) is 79.7 cm³/mol. The summed E-state index contributed by atoms with van der Waals surface area (Å²) in [5.74, 6) is 0.148. The van der Waals surface area contributed by atoms with Gasteiger partial charge in [0.2, 0.25) is 5.91 Å². The number of pyridine rings is 1. The number of anilines is 1. The Bertz CT molecular complexity index is 624. The zero-order valence-electron chi connectivity index (χ0n) is 12.3. The third kappa shape index (κ3) is 2.80. The van der Waals surface area contributed by atoms with Crippen molar-refractivity contribution >= 4 is 11.6 Å². The number of likely N-dealkylation sites (N-methyl/N-ethyl adjacent to an activating group) is 1. The highest BCUT2D eigenvalue weighted by Gasteiger charge is 2.35. The Morgan fingerprint density at radius 1 is 1.43 bits per heavy atom. The first-order valence-electron chi connectivity index (χ1n) is 7.04. The van der Waals surface area contributed by atoms with Crippen LogP contribution in [0.4, 0.5) is 5.69 Å². The smallest absolute Gasteiger partial charge is 0.244 e. The second kappa shape index (κ2) is 5.65. The van der Waals surface area contributed by atoms with Gasteiger partial charge in [-0.3, -0.25) is 19.4 Å². The van der Waals surface area contributed by atoms with Gasteiger partial charge in [-0.15, -0.1) is 0 Å². The molecule has 0 unspecified atom stereocenters. The Hall–Kier alpha value is -2.21. The van der Waals surface area contributed by atoms with E-state index in [0.29, 0.717) is 0 Å². The molecule has 0 radical (unpaired) electrons. The largest absolute Gasteiger partial charge is 0.308 e. The summed E-state index contributed by atoms with van der Waals surface area (Å²) in [5, 5.41) is 4.13. The van der Waals surface area contributed by atoms with Crippen molar-refractivity contribution < 1.29 is 4.79 Å². The third-order valence-electron chi connectivity index (χ3n) is 3.87. The van der Waals surface area contributed by atoms with Gasteiger partial charge < -0.3 is 4.90 Å². The first-order chi connectivity index (χ1) is 10.1. The van der Waals surface area contributed by atoms with Crippen LogP contribution in [0.25, 0.3) is 0 Å². The van der Waals surface area contributed by atoms with Crippen molar-refractivity contribution in [2.24, 2.45) is 7.05 Å². The minimum absolute atomic E-state index is 0.0783. The maximum absolute atomic E-state index is 12.6. The molecule has 6 heteroatoms. The summed E-state index contributed by atoms with van der Waals surface area (Å²) < 4.78 is 1.72. The highest BCUT2D eigenvalue weighted by atomic mass is 16.2. The van der Waals surface area contributed by atoms with Crippen LogP contribution in [0.2, 0.25) is 0 Å². The maximum atomic E-state index is 12.6. The highest BCUT2D eigenvalue weighted by molar-refractivity contribution is 5.99. The molecule has 1 aliphatic rings. The Balaban J connectivity index is 1.68. The number of aryl methyl sites for hydroxylation is 1. The molecule has 3 heterocycles. The van der Waals surface area contributed by atoms with E-state index in [9.17, 15) is 4.79 Å². The molecule has 21 heavy (non-hydrogen) atoms. The molecule has 0 spiro atoms. The summed E-state index contributed by atoms with van der Waals surface area (Å²) in [6.45, 7) is 1.47. The first-order valence-corrected chi connectivity index (χ1v) is 7.04. The van der Waals surface area contributed by atoms with Crippen molar-refractivity contribution in [3.8, 4) is 0 Å². The third-order valence-corrected chi connectivity index (χ3v) is 3.87. The lowest BCUT2D eigenvalue weighted by molar-refractivity contribution is -0.121. The molecule has 1 amide bonds. The molecule has 1 atom stereocenters. The van der Waals surface area contributed by atoms with Crippen LogP contribution in [0.1, 0.15) is 12.0 Å². The van der Waals surface area contributed by atoms with Gasteiger partial charge in [-0.25, -0.2) is 0 Å². The molecular formula is C15H19N5O. The van der Waals surface area contributed by atoms with Crippen LogP contribution >= 0.6 is 0 Å². The van der Waals surface area contributed by atoms with Crippen LogP contribution in [0, 0.1) is 0 Å². The van der Waals surface area contributed by atoms with Gasteiger partial charge in [0.1, 0.15) is 0 Å². The van der Waals surface area contributed by atoms with Crippen molar-refractivity contribution in [1.29, 1.82) is 0 Å². The zero-order chi connectivity index (χ0) is 14.8. The average Bonchev–Trinajstić information content (AvgIpc) is 3.06. The standard InChI is InChI=1S/C15H19N5O/c1-18(10-12-4-3-6-16-8-12)14-5-7-20(15(14)21)13-9-17-19(2)11-13/h3-4,6,8-9,11,14H,5,7,10H2,1-2H3/t14-/m0/s1. The highest BCUT2D eigenvalue weighted by Crippen LogP contribution is 2.24. The van der Waals surface area contributed by atoms with E-state index in [2.05, 4.69) is 15.0 Å². The number of amides is 1. The lowest BCUT2D eigenvalue weighted by Gasteiger charge is -2.23. The molecule has 1 aliphatic heterocycles. The molecular weight excluding hydrogens is 266 g/mol. The van der Waals surface area contributed by atoms with E-state index in [1.165, 1.54) is 0 Å². The monoisotopic (exact) mass is 285 g/mol. The van der Waals surface area contributed by atoms with Crippen LogP contribution in [0.3, 0.4) is 0 Å². The van der Waals surface area contributed by atoms with E-state index < -0.39 is 0 Å². The lowest BCUT2D eigenvalue weighted by atomic mass is 10.2. The van der Waals surface area contributed by atoms with Gasteiger partial charge in [0, 0.05) is 38.7 Å². The van der Waals surface area contributed by atoms with Crippen LogP contribution in [0.5, 0.6) is 0 Å². The molecule has 1 saturated heterocycles. The van der Waals surface area contributed by atoms with Gasteiger partial charge in [-0.05, 0) is 25.1 Å². The molecule has 6 nitrogen and oxygen atoms in total. The van der Waals surface area contributed by atoms with E-state index in [1.807, 2.05) is 43.5 Å². The molecule has 1 fully saturated rings. The van der Waals surface area contributed by atoms with E-state index >= 15 is 0 Å². The summed E-state index contributed by atoms with van der Waals surface area (Å²) >= 11 is 0. The van der Waals surface area contributed by atoms with Crippen LogP contribution in [-0.4, -0.2) is 45.2 Å². The SMILES string of the molecule is CN(Cc1cccnc1)[C@H]1CCN(c2cnn(C)c2)C1=O. The van der Waals surface area contributed by atoms with Gasteiger partial charge in [-0.1, -0.05) is 6.07 Å². The topological polar surface area (TPSA) is 54.3 Å². The number of hydrogen-bond acceptors (Lipinski definition) is 4. The normalized spacial score (nSPS) is 18.7. The van der Waals surface area contributed by atoms with Crippen molar-refractivity contribution in [1.82, 2.24) is 19.7 Å². The Kier molecular flexibility index (Phi) is 3.70. The fraction of sp³-hybridized carbons (Fsp3) is 0.400. The van der Waals surface area contributed by atoms with Gasteiger partial charge >= 0.3 is 0 Å². The summed E-state index contributed by atoms with van der Waals surface area (Å²) in [7, 11) is 3.85. The molecule has 3 rings (SSSR count). The summed E-state index contributed by atoms with van der Waals surface area (Å²) in [6.07, 6.45) is 8.05. The van der Waals surface area contributed by atoms with Crippen molar-refractivity contribution in [2.45, 2.75) is 19.0 Å². The van der Waals surface area contributed by atoms with E-state index in [-0.39, 0.29) is 11.9 Å². The number of carbonyl (C=O) groups excluding carboxylic acids is 1. The zero-order valence-corrected chi connectivity index (χ0v) is 12.3. The summed E-state index contributed by atoms with van der Waals surface area (Å²) in [6, 6.07) is 3.87. The van der Waals surface area contributed by atoms with Gasteiger partial charge in [0.15, 0.2) is 0 Å². The Morgan fingerprint density at radius 2 is 2.29 bits per heavy atom. The maximum Gasteiger partial charge on any atom is 0.244 e. The number of nitrogens with zero attached hydrogens (tertiary/aromatic N) is 5. The number of carbonyl (C=O) groups is 1. The van der Waals surface area contributed by atoms with Crippen molar-refractivity contribution in [3.63, 3.8) is 0 Å². The van der Waals surface area contributed by atoms with Gasteiger partial charge in [0.05, 0.1) is 17.9 Å². The quantitative estimate of drug-likeness (QED) is 0.842. The minimum Gasteiger partial charge on any atom is -0.308 e. The number of hydrogen-bond donors (Lipinski definition) is 0. The lowest BCUT2D eigenvalue weighted by Crippen LogP contribution is -2.39. The van der Waals surface area contributed by atoms with Gasteiger partial charge in [0.25, 0.3) is 0 Å². The van der Waals surface area contributed by atoms with Crippen molar-refractivity contribution in [3.05, 3.63) is 42.5 Å². The number of aromatic nitrogens is 3. The molecule has 110 valence electrons. The molecule has 2 aromatic heterocycles. The molecule has 0 N–H and O–H groups in total. The molecule has 0 aliphatic carbocycles. The van der Waals surface area contributed by atoms with Gasteiger partial charge in [-0.2, -0.15) is 5.10 Å². The fourth-order valence-corrected chi connectivity index (χ4v) is 2.77. The molecule has 0 bridgehead atoms. The van der Waals surface area contributed by atoms with E-state index in [1.54, 1.807) is 17.1 Å². The molecule has 0 saturated carbocycles. The number of rotatable bonds is 4.